The van der Waals surface area contributed by atoms with Crippen LogP contribution >= 0.6 is 12.1 Å². The molecule has 0 amide bonds. The first-order chi connectivity index (χ1) is 6.81. The van der Waals surface area contributed by atoms with Gasteiger partial charge in [0.05, 0.1) is 0 Å². The molecule has 2 rings (SSSR count). The summed E-state index contributed by atoms with van der Waals surface area (Å²) in [6.45, 7) is 5.54. The first-order valence-corrected chi connectivity index (χ1v) is 5.86. The Morgan fingerprint density at radius 2 is 2.29 bits per heavy atom. The van der Waals surface area contributed by atoms with Crippen molar-refractivity contribution in [3.8, 4) is 0 Å². The van der Waals surface area contributed by atoms with Crippen LogP contribution in [0.5, 0.6) is 0 Å². The molecule has 1 aromatic carbocycles. The number of para-hydroxylation sites is 1. The van der Waals surface area contributed by atoms with Gasteiger partial charge < -0.3 is 4.72 Å². The normalized spacial score (nSPS) is 18.4. The van der Waals surface area contributed by atoms with Crippen LogP contribution in [-0.2, 0) is 6.54 Å². The molecule has 1 N–H and O–H groups in total. The molecule has 1 aromatic rings. The third-order valence-electron chi connectivity index (χ3n) is 2.70. The van der Waals surface area contributed by atoms with Gasteiger partial charge in [0.25, 0.3) is 0 Å². The molecule has 76 valence electrons. The van der Waals surface area contributed by atoms with Crippen molar-refractivity contribution in [3.05, 3.63) is 29.8 Å². The van der Waals surface area contributed by atoms with E-state index in [0.717, 1.165) is 6.54 Å². The summed E-state index contributed by atoms with van der Waals surface area (Å²) in [6.07, 6.45) is 1.19. The van der Waals surface area contributed by atoms with E-state index in [2.05, 4.69) is 47.1 Å². The number of hydrogen-bond donors (Lipinski definition) is 1. The van der Waals surface area contributed by atoms with E-state index < -0.39 is 0 Å². The van der Waals surface area contributed by atoms with E-state index in [9.17, 15) is 0 Å². The van der Waals surface area contributed by atoms with Crippen molar-refractivity contribution in [2.45, 2.75) is 32.9 Å². The molecular weight excluding hydrogens is 192 g/mol. The first kappa shape index (κ1) is 9.87. The van der Waals surface area contributed by atoms with Gasteiger partial charge in [-0.2, -0.15) is 0 Å². The zero-order valence-electron chi connectivity index (χ0n) is 8.66. The lowest BCUT2D eigenvalue weighted by molar-refractivity contribution is 0.357. The smallest absolute Gasteiger partial charge is 0.0497 e. The van der Waals surface area contributed by atoms with Crippen LogP contribution in [0, 0.1) is 0 Å². The van der Waals surface area contributed by atoms with Crippen LogP contribution in [0.3, 0.4) is 0 Å². The van der Waals surface area contributed by atoms with Crippen molar-refractivity contribution >= 4 is 17.8 Å². The monoisotopic (exact) mass is 208 g/mol. The Balaban J connectivity index is 2.13. The second-order valence-electron chi connectivity index (χ2n) is 3.68. The van der Waals surface area contributed by atoms with Gasteiger partial charge >= 0.3 is 0 Å². The van der Waals surface area contributed by atoms with Gasteiger partial charge in [0.2, 0.25) is 0 Å². The Kier molecular flexibility index (Phi) is 2.99. The fourth-order valence-corrected chi connectivity index (χ4v) is 2.46. The van der Waals surface area contributed by atoms with Gasteiger partial charge in [-0.25, -0.2) is 4.31 Å². The minimum absolute atomic E-state index is 0.626. The Morgan fingerprint density at radius 3 is 3.07 bits per heavy atom. The molecule has 0 bridgehead atoms. The predicted molar refractivity (Wildman–Crippen MR) is 63.0 cm³/mol. The average Bonchev–Trinajstić information content (AvgIpc) is 2.27. The highest BCUT2D eigenvalue weighted by molar-refractivity contribution is 7.98. The molecule has 0 spiro atoms. The molecule has 1 unspecified atom stereocenters. The number of hydrogen-bond acceptors (Lipinski definition) is 3. The highest BCUT2D eigenvalue weighted by Gasteiger charge is 2.19. The summed E-state index contributed by atoms with van der Waals surface area (Å²) in [5.41, 5.74) is 2.66. The molecule has 14 heavy (non-hydrogen) atoms. The molecule has 2 nitrogen and oxygen atoms in total. The zero-order valence-corrected chi connectivity index (χ0v) is 9.47. The maximum Gasteiger partial charge on any atom is 0.0497 e. The van der Waals surface area contributed by atoms with Crippen LogP contribution in [0.25, 0.3) is 0 Å². The second kappa shape index (κ2) is 4.24. The Labute approximate surface area is 90.0 Å². The lowest BCUT2D eigenvalue weighted by Crippen LogP contribution is -2.30. The fourth-order valence-electron chi connectivity index (χ4n) is 1.52. The van der Waals surface area contributed by atoms with Gasteiger partial charge in [-0.05, 0) is 25.0 Å². The highest BCUT2D eigenvalue weighted by Crippen LogP contribution is 2.31. The van der Waals surface area contributed by atoms with Crippen molar-refractivity contribution in [3.63, 3.8) is 0 Å². The summed E-state index contributed by atoms with van der Waals surface area (Å²) in [5.74, 6) is 0. The van der Waals surface area contributed by atoms with Gasteiger partial charge in [0, 0.05) is 30.4 Å². The van der Waals surface area contributed by atoms with Gasteiger partial charge in [-0.3, -0.25) is 0 Å². The minimum atomic E-state index is 0.626. The molecular formula is C11H16N2S. The molecule has 1 aliphatic rings. The predicted octanol–water partition coefficient (Wildman–Crippen LogP) is 3.28. The largest absolute Gasteiger partial charge is 0.316 e. The molecule has 0 fully saturated rings. The molecule has 3 heteroatoms. The molecule has 0 saturated carbocycles. The van der Waals surface area contributed by atoms with E-state index >= 15 is 0 Å². The summed E-state index contributed by atoms with van der Waals surface area (Å²) in [4.78, 5) is 0. The summed E-state index contributed by atoms with van der Waals surface area (Å²) in [5, 5.41) is 0. The number of benzene rings is 1. The SMILES string of the molecule is CCC(C)N1Cc2ccccc2NS1. The van der Waals surface area contributed by atoms with Crippen molar-refractivity contribution < 1.29 is 0 Å². The van der Waals surface area contributed by atoms with Crippen LogP contribution in [0.2, 0.25) is 0 Å². The van der Waals surface area contributed by atoms with Gasteiger partial charge in [-0.1, -0.05) is 25.1 Å². The first-order valence-electron chi connectivity index (χ1n) is 5.08. The average molecular weight is 208 g/mol. The highest BCUT2D eigenvalue weighted by atomic mass is 32.2. The number of fused-ring (bicyclic) bond motifs is 1. The molecule has 1 aliphatic heterocycles. The maximum atomic E-state index is 3.37. The topological polar surface area (TPSA) is 15.3 Å². The van der Waals surface area contributed by atoms with E-state index in [-0.39, 0.29) is 0 Å². The summed E-state index contributed by atoms with van der Waals surface area (Å²) in [6, 6.07) is 9.13. The number of anilines is 1. The third-order valence-corrected chi connectivity index (χ3v) is 3.73. The Morgan fingerprint density at radius 1 is 1.50 bits per heavy atom. The molecule has 0 saturated heterocycles. The summed E-state index contributed by atoms with van der Waals surface area (Å²) < 4.78 is 5.76. The van der Waals surface area contributed by atoms with E-state index in [4.69, 9.17) is 0 Å². The number of nitrogens with zero attached hydrogens (tertiary/aromatic N) is 1. The van der Waals surface area contributed by atoms with Crippen molar-refractivity contribution in [1.82, 2.24) is 4.31 Å². The van der Waals surface area contributed by atoms with Crippen LogP contribution in [0.4, 0.5) is 5.69 Å². The Hall–Kier alpha value is -0.670. The van der Waals surface area contributed by atoms with E-state index in [1.165, 1.54) is 17.7 Å². The number of rotatable bonds is 2. The summed E-state index contributed by atoms with van der Waals surface area (Å²) in [7, 11) is 0. The standard InChI is InChI=1S/C11H16N2S/c1-3-9(2)13-8-10-6-4-5-7-11(10)12-14-13/h4-7,9,12H,3,8H2,1-2H3. The van der Waals surface area contributed by atoms with Crippen LogP contribution in [0.15, 0.2) is 24.3 Å². The molecule has 0 radical (unpaired) electrons. The van der Waals surface area contributed by atoms with Crippen molar-refractivity contribution in [1.29, 1.82) is 0 Å². The molecule has 1 heterocycles. The van der Waals surface area contributed by atoms with Crippen molar-refractivity contribution in [2.75, 3.05) is 4.72 Å². The van der Waals surface area contributed by atoms with E-state index in [1.807, 2.05) is 0 Å². The van der Waals surface area contributed by atoms with Gasteiger partial charge in [-0.15, -0.1) is 0 Å². The minimum Gasteiger partial charge on any atom is -0.316 e. The van der Waals surface area contributed by atoms with Crippen LogP contribution in [-0.4, -0.2) is 10.3 Å². The quantitative estimate of drug-likeness (QED) is 0.751. The second-order valence-corrected chi connectivity index (χ2v) is 4.54. The maximum absolute atomic E-state index is 3.37. The van der Waals surface area contributed by atoms with Gasteiger partial charge in [0.1, 0.15) is 0 Å². The number of nitrogens with one attached hydrogen (secondary N) is 1. The fraction of sp³-hybridized carbons (Fsp3) is 0.455. The molecule has 1 atom stereocenters. The molecule has 0 aromatic heterocycles. The van der Waals surface area contributed by atoms with E-state index in [1.54, 1.807) is 12.1 Å². The lowest BCUT2D eigenvalue weighted by Gasteiger charge is -2.32. The lowest BCUT2D eigenvalue weighted by atomic mass is 10.1. The molecule has 0 aliphatic carbocycles. The van der Waals surface area contributed by atoms with Crippen LogP contribution in [0.1, 0.15) is 25.8 Å². The third kappa shape index (κ3) is 1.88. The summed E-state index contributed by atoms with van der Waals surface area (Å²) >= 11 is 1.72. The van der Waals surface area contributed by atoms with E-state index in [0.29, 0.717) is 6.04 Å². The Bertz CT molecular complexity index is 314. The zero-order chi connectivity index (χ0) is 9.97. The van der Waals surface area contributed by atoms with Crippen LogP contribution < -0.4 is 4.72 Å². The van der Waals surface area contributed by atoms with Gasteiger partial charge in [0.15, 0.2) is 0 Å². The van der Waals surface area contributed by atoms with Crippen molar-refractivity contribution in [2.24, 2.45) is 0 Å².